The minimum atomic E-state index is -0.613. The highest BCUT2D eigenvalue weighted by Gasteiger charge is 2.23. The van der Waals surface area contributed by atoms with Gasteiger partial charge in [0.05, 0.1) is 0 Å². The van der Waals surface area contributed by atoms with Crippen LogP contribution in [0.5, 0.6) is 0 Å². The molecular formula is C12H16N4O2. The summed E-state index contributed by atoms with van der Waals surface area (Å²) in [7, 11) is 0. The fraction of sp³-hybridized carbons (Fsp3) is 0.583. The topological polar surface area (TPSA) is 81.9 Å². The molecule has 1 N–H and O–H groups in total. The van der Waals surface area contributed by atoms with Crippen LogP contribution in [-0.4, -0.2) is 33.6 Å². The highest BCUT2D eigenvalue weighted by atomic mass is 16.2. The summed E-state index contributed by atoms with van der Waals surface area (Å²) < 4.78 is 1.43. The van der Waals surface area contributed by atoms with Gasteiger partial charge in [-0.1, -0.05) is 6.92 Å². The third-order valence-corrected chi connectivity index (χ3v) is 3.44. The lowest BCUT2D eigenvalue weighted by atomic mass is 10.2. The van der Waals surface area contributed by atoms with Gasteiger partial charge in [-0.2, -0.15) is 5.26 Å². The summed E-state index contributed by atoms with van der Waals surface area (Å²) in [6.45, 7) is 4.62. The molecule has 18 heavy (non-hydrogen) atoms. The van der Waals surface area contributed by atoms with Crippen LogP contribution >= 0.6 is 0 Å². The lowest BCUT2D eigenvalue weighted by Gasteiger charge is -2.23. The third-order valence-electron chi connectivity index (χ3n) is 3.44. The average molecular weight is 248 g/mol. The summed E-state index contributed by atoms with van der Waals surface area (Å²) in [5.41, 5.74) is -1.07. The highest BCUT2D eigenvalue weighted by molar-refractivity contribution is 5.21. The summed E-state index contributed by atoms with van der Waals surface area (Å²) in [4.78, 5) is 27.4. The van der Waals surface area contributed by atoms with Crippen LogP contribution in [0.3, 0.4) is 0 Å². The van der Waals surface area contributed by atoms with Gasteiger partial charge in [-0.25, -0.2) is 4.79 Å². The quantitative estimate of drug-likeness (QED) is 0.809. The second kappa shape index (κ2) is 5.19. The van der Waals surface area contributed by atoms with E-state index in [4.69, 9.17) is 5.26 Å². The SMILES string of the molecule is CCN1CCC[C@@H]1Cn1cc(C#N)c(=O)[nH]c1=O. The van der Waals surface area contributed by atoms with E-state index in [2.05, 4.69) is 16.8 Å². The van der Waals surface area contributed by atoms with Crippen LogP contribution in [0, 0.1) is 11.3 Å². The van der Waals surface area contributed by atoms with Crippen molar-refractivity contribution in [2.75, 3.05) is 13.1 Å². The van der Waals surface area contributed by atoms with E-state index in [1.54, 1.807) is 6.07 Å². The molecule has 6 nitrogen and oxygen atoms in total. The molecule has 0 unspecified atom stereocenters. The van der Waals surface area contributed by atoms with Crippen LogP contribution in [-0.2, 0) is 6.54 Å². The number of nitrogens with one attached hydrogen (secondary N) is 1. The number of rotatable bonds is 3. The van der Waals surface area contributed by atoms with E-state index < -0.39 is 11.2 Å². The Kier molecular flexibility index (Phi) is 3.63. The third kappa shape index (κ3) is 2.36. The fourth-order valence-corrected chi connectivity index (χ4v) is 2.47. The monoisotopic (exact) mass is 248 g/mol. The van der Waals surface area contributed by atoms with Gasteiger partial charge in [0, 0.05) is 18.8 Å². The number of likely N-dealkylation sites (tertiary alicyclic amines) is 1. The molecule has 0 amide bonds. The van der Waals surface area contributed by atoms with Crippen molar-refractivity contribution in [2.24, 2.45) is 0 Å². The number of aromatic amines is 1. The Labute approximate surface area is 104 Å². The Morgan fingerprint density at radius 1 is 1.56 bits per heavy atom. The maximum atomic E-state index is 11.7. The Bertz CT molecular complexity index is 581. The summed E-state index contributed by atoms with van der Waals surface area (Å²) in [5, 5.41) is 8.80. The van der Waals surface area contributed by atoms with E-state index in [1.165, 1.54) is 10.8 Å². The predicted octanol–water partition coefficient (Wildman–Crippen LogP) is -0.107. The van der Waals surface area contributed by atoms with Crippen LogP contribution in [0.4, 0.5) is 0 Å². The number of hydrogen-bond donors (Lipinski definition) is 1. The van der Waals surface area contributed by atoms with Gasteiger partial charge in [0.1, 0.15) is 11.6 Å². The Balaban J connectivity index is 2.27. The zero-order valence-electron chi connectivity index (χ0n) is 10.3. The molecule has 0 bridgehead atoms. The molecule has 0 spiro atoms. The van der Waals surface area contributed by atoms with Gasteiger partial charge in [0.25, 0.3) is 5.56 Å². The number of H-pyrrole nitrogens is 1. The predicted molar refractivity (Wildman–Crippen MR) is 66.3 cm³/mol. The van der Waals surface area contributed by atoms with Crippen molar-refractivity contribution in [1.29, 1.82) is 5.26 Å². The molecule has 1 aromatic rings. The summed E-state index contributed by atoms with van der Waals surface area (Å²) in [6, 6.07) is 2.11. The zero-order valence-corrected chi connectivity index (χ0v) is 10.3. The van der Waals surface area contributed by atoms with Crippen molar-refractivity contribution in [3.8, 4) is 6.07 Å². The standard InChI is InChI=1S/C12H16N4O2/c1-2-15-5-3-4-10(15)8-16-7-9(6-13)11(17)14-12(16)18/h7,10H,2-5,8H2,1H3,(H,14,17,18)/t10-/m1/s1. The van der Waals surface area contributed by atoms with E-state index >= 15 is 0 Å². The van der Waals surface area contributed by atoms with Crippen LogP contribution in [0.2, 0.25) is 0 Å². The van der Waals surface area contributed by atoms with Crippen LogP contribution in [0.15, 0.2) is 15.8 Å². The Hall–Kier alpha value is -1.87. The Morgan fingerprint density at radius 2 is 2.33 bits per heavy atom. The zero-order chi connectivity index (χ0) is 13.1. The molecule has 0 aromatic carbocycles. The lowest BCUT2D eigenvalue weighted by Crippen LogP contribution is -2.38. The van der Waals surface area contributed by atoms with Crippen LogP contribution in [0.25, 0.3) is 0 Å². The largest absolute Gasteiger partial charge is 0.328 e. The molecule has 1 aliphatic heterocycles. The van der Waals surface area contributed by atoms with E-state index in [0.29, 0.717) is 12.6 Å². The van der Waals surface area contributed by atoms with Gasteiger partial charge in [-0.3, -0.25) is 19.2 Å². The molecule has 0 saturated carbocycles. The van der Waals surface area contributed by atoms with Crippen molar-refractivity contribution in [2.45, 2.75) is 32.4 Å². The molecule has 0 radical (unpaired) electrons. The summed E-state index contributed by atoms with van der Waals surface area (Å²) >= 11 is 0. The van der Waals surface area contributed by atoms with Gasteiger partial charge in [-0.15, -0.1) is 0 Å². The Morgan fingerprint density at radius 3 is 3.00 bits per heavy atom. The molecule has 0 aliphatic carbocycles. The van der Waals surface area contributed by atoms with Gasteiger partial charge < -0.3 is 0 Å². The lowest BCUT2D eigenvalue weighted by molar-refractivity contribution is 0.241. The van der Waals surface area contributed by atoms with Crippen LogP contribution < -0.4 is 11.2 Å². The molecule has 6 heteroatoms. The first-order chi connectivity index (χ1) is 8.65. The number of nitrogens with zero attached hydrogens (tertiary/aromatic N) is 3. The minimum Gasteiger partial charge on any atom is -0.299 e. The van der Waals surface area contributed by atoms with Crippen molar-refractivity contribution in [1.82, 2.24) is 14.5 Å². The molecular weight excluding hydrogens is 232 g/mol. The molecule has 1 aromatic heterocycles. The maximum Gasteiger partial charge on any atom is 0.328 e. The summed E-state index contributed by atoms with van der Waals surface area (Å²) in [5.74, 6) is 0. The number of nitriles is 1. The molecule has 2 rings (SSSR count). The molecule has 1 fully saturated rings. The smallest absolute Gasteiger partial charge is 0.299 e. The van der Waals surface area contributed by atoms with E-state index in [1.807, 2.05) is 0 Å². The van der Waals surface area contributed by atoms with E-state index in [-0.39, 0.29) is 5.56 Å². The molecule has 1 aliphatic rings. The first-order valence-electron chi connectivity index (χ1n) is 6.13. The first kappa shape index (κ1) is 12.6. The fourth-order valence-electron chi connectivity index (χ4n) is 2.47. The minimum absolute atomic E-state index is 0.0179. The second-order valence-electron chi connectivity index (χ2n) is 4.49. The van der Waals surface area contributed by atoms with Gasteiger partial charge in [0.15, 0.2) is 0 Å². The average Bonchev–Trinajstić information content (AvgIpc) is 2.79. The van der Waals surface area contributed by atoms with Crippen molar-refractivity contribution >= 4 is 0 Å². The summed E-state index contributed by atoms with van der Waals surface area (Å²) in [6.07, 6.45) is 3.52. The second-order valence-corrected chi connectivity index (χ2v) is 4.49. The number of hydrogen-bond acceptors (Lipinski definition) is 4. The van der Waals surface area contributed by atoms with Gasteiger partial charge in [0.2, 0.25) is 0 Å². The van der Waals surface area contributed by atoms with Gasteiger partial charge >= 0.3 is 5.69 Å². The van der Waals surface area contributed by atoms with E-state index in [9.17, 15) is 9.59 Å². The number of aromatic nitrogens is 2. The molecule has 1 saturated heterocycles. The van der Waals surface area contributed by atoms with Crippen molar-refractivity contribution in [3.05, 3.63) is 32.6 Å². The maximum absolute atomic E-state index is 11.7. The van der Waals surface area contributed by atoms with Crippen LogP contribution in [0.1, 0.15) is 25.3 Å². The molecule has 96 valence electrons. The first-order valence-corrected chi connectivity index (χ1v) is 6.13. The van der Waals surface area contributed by atoms with Crippen molar-refractivity contribution in [3.63, 3.8) is 0 Å². The highest BCUT2D eigenvalue weighted by Crippen LogP contribution is 2.17. The van der Waals surface area contributed by atoms with E-state index in [0.717, 1.165) is 25.9 Å². The van der Waals surface area contributed by atoms with Gasteiger partial charge in [-0.05, 0) is 25.9 Å². The normalized spacial score (nSPS) is 19.9. The molecule has 1 atom stereocenters. The number of likely N-dealkylation sites (N-methyl/N-ethyl adjacent to an activating group) is 1. The molecule has 2 heterocycles. The van der Waals surface area contributed by atoms with Crippen molar-refractivity contribution < 1.29 is 0 Å².